The Labute approximate surface area is 143 Å². The average molecular weight is 367 g/mol. The van der Waals surface area contributed by atoms with E-state index in [1.165, 1.54) is 18.2 Å². The van der Waals surface area contributed by atoms with Gasteiger partial charge in [0, 0.05) is 19.1 Å². The number of methoxy groups -OCH3 is 1. The summed E-state index contributed by atoms with van der Waals surface area (Å²) in [7, 11) is -1.87. The van der Waals surface area contributed by atoms with E-state index in [2.05, 4.69) is 10.0 Å². The van der Waals surface area contributed by atoms with E-state index in [4.69, 9.17) is 4.74 Å². The van der Waals surface area contributed by atoms with Crippen LogP contribution in [-0.2, 0) is 20.5 Å². The summed E-state index contributed by atoms with van der Waals surface area (Å²) >= 11 is 0. The maximum absolute atomic E-state index is 13.1. The van der Waals surface area contributed by atoms with Gasteiger partial charge in [0.05, 0.1) is 12.4 Å². The Kier molecular flexibility index (Phi) is 7.89. The van der Waals surface area contributed by atoms with E-state index in [0.29, 0.717) is 18.7 Å². The smallest absolute Gasteiger partial charge is 0.215 e. The van der Waals surface area contributed by atoms with Crippen LogP contribution in [0.15, 0.2) is 24.3 Å². The van der Waals surface area contributed by atoms with Crippen LogP contribution in [0.25, 0.3) is 0 Å². The minimum absolute atomic E-state index is 0. The van der Waals surface area contributed by atoms with Crippen LogP contribution in [0, 0.1) is 11.2 Å². The van der Waals surface area contributed by atoms with Crippen molar-refractivity contribution < 1.29 is 17.5 Å². The fraction of sp³-hybridized carbons (Fsp3) is 0.600. The van der Waals surface area contributed by atoms with Gasteiger partial charge >= 0.3 is 0 Å². The molecule has 1 aromatic rings. The molecule has 0 saturated carbocycles. The predicted molar refractivity (Wildman–Crippen MR) is 90.7 cm³/mol. The summed E-state index contributed by atoms with van der Waals surface area (Å²) in [5.74, 6) is -0.645. The van der Waals surface area contributed by atoms with Crippen molar-refractivity contribution in [1.82, 2.24) is 10.0 Å². The third kappa shape index (κ3) is 6.35. The molecule has 0 amide bonds. The summed E-state index contributed by atoms with van der Waals surface area (Å²) < 4.78 is 45.5. The molecule has 0 spiro atoms. The van der Waals surface area contributed by atoms with Gasteiger partial charge in [-0.05, 0) is 43.6 Å². The molecule has 0 atom stereocenters. The molecule has 1 aliphatic heterocycles. The second-order valence-electron chi connectivity index (χ2n) is 5.89. The minimum Gasteiger partial charge on any atom is -0.384 e. The highest BCUT2D eigenvalue weighted by atomic mass is 35.5. The molecule has 1 aliphatic rings. The van der Waals surface area contributed by atoms with Gasteiger partial charge < -0.3 is 10.1 Å². The monoisotopic (exact) mass is 366 g/mol. The first kappa shape index (κ1) is 20.3. The molecule has 8 heteroatoms. The van der Waals surface area contributed by atoms with Crippen molar-refractivity contribution in [3.05, 3.63) is 35.6 Å². The molecule has 1 aromatic carbocycles. The van der Waals surface area contributed by atoms with Crippen LogP contribution >= 0.6 is 12.4 Å². The quantitative estimate of drug-likeness (QED) is 0.770. The van der Waals surface area contributed by atoms with Crippen molar-refractivity contribution in [2.24, 2.45) is 5.41 Å². The summed E-state index contributed by atoms with van der Waals surface area (Å²) in [4.78, 5) is 0. The van der Waals surface area contributed by atoms with Crippen molar-refractivity contribution in [2.45, 2.75) is 18.6 Å². The summed E-state index contributed by atoms with van der Waals surface area (Å²) in [6.45, 7) is 2.58. The molecule has 2 N–H and O–H groups in total. The highest BCUT2D eigenvalue weighted by Crippen LogP contribution is 2.28. The fourth-order valence-electron chi connectivity index (χ4n) is 2.80. The number of hydrogen-bond donors (Lipinski definition) is 2. The Morgan fingerprint density at radius 2 is 2.04 bits per heavy atom. The zero-order valence-corrected chi connectivity index (χ0v) is 14.8. The number of nitrogens with one attached hydrogen (secondary N) is 2. The van der Waals surface area contributed by atoms with Gasteiger partial charge in [-0.15, -0.1) is 12.4 Å². The van der Waals surface area contributed by atoms with Crippen LogP contribution in [-0.4, -0.2) is 41.8 Å². The first-order valence-corrected chi connectivity index (χ1v) is 9.01. The summed E-state index contributed by atoms with van der Waals surface area (Å²) in [5.41, 5.74) is 0.272. The lowest BCUT2D eigenvalue weighted by atomic mass is 9.80. The maximum Gasteiger partial charge on any atom is 0.215 e. The second kappa shape index (κ2) is 8.94. The van der Waals surface area contributed by atoms with Crippen LogP contribution < -0.4 is 10.0 Å². The summed E-state index contributed by atoms with van der Waals surface area (Å²) in [5, 5.41) is 3.27. The molecule has 0 unspecified atom stereocenters. The predicted octanol–water partition coefficient (Wildman–Crippen LogP) is 1.68. The van der Waals surface area contributed by atoms with Gasteiger partial charge in [0.25, 0.3) is 0 Å². The van der Waals surface area contributed by atoms with Crippen LogP contribution in [0.1, 0.15) is 18.4 Å². The van der Waals surface area contributed by atoms with Gasteiger partial charge in [-0.2, -0.15) is 0 Å². The van der Waals surface area contributed by atoms with Crippen LogP contribution in [0.5, 0.6) is 0 Å². The molecular formula is C15H24ClFN2O3S. The van der Waals surface area contributed by atoms with E-state index in [-0.39, 0.29) is 23.6 Å². The van der Waals surface area contributed by atoms with E-state index >= 15 is 0 Å². The van der Waals surface area contributed by atoms with Crippen molar-refractivity contribution in [1.29, 1.82) is 0 Å². The van der Waals surface area contributed by atoms with Gasteiger partial charge in [0.2, 0.25) is 10.0 Å². The van der Waals surface area contributed by atoms with Crippen LogP contribution in [0.2, 0.25) is 0 Å². The third-order valence-corrected chi connectivity index (χ3v) is 5.33. The zero-order chi connectivity index (χ0) is 16.1. The molecule has 5 nitrogen and oxygen atoms in total. The van der Waals surface area contributed by atoms with Crippen molar-refractivity contribution >= 4 is 22.4 Å². The standard InChI is InChI=1S/C15H23FN2O3S.ClH/c1-21-12-15(5-7-17-8-6-15)11-18-22(19,20)10-13-3-2-4-14(16)9-13;/h2-4,9,17-18H,5-8,10-12H2,1H3;1H. The molecule has 23 heavy (non-hydrogen) atoms. The van der Waals surface area contributed by atoms with Crippen molar-refractivity contribution in [3.63, 3.8) is 0 Å². The molecular weight excluding hydrogens is 343 g/mol. The number of benzene rings is 1. The highest BCUT2D eigenvalue weighted by molar-refractivity contribution is 7.88. The average Bonchev–Trinajstić information content (AvgIpc) is 2.46. The number of rotatable bonds is 7. The van der Waals surface area contributed by atoms with E-state index in [9.17, 15) is 12.8 Å². The molecule has 2 rings (SSSR count). The van der Waals surface area contributed by atoms with Crippen LogP contribution in [0.3, 0.4) is 0 Å². The molecule has 1 heterocycles. The van der Waals surface area contributed by atoms with Crippen molar-refractivity contribution in [3.8, 4) is 0 Å². The first-order valence-electron chi connectivity index (χ1n) is 7.36. The van der Waals surface area contributed by atoms with Crippen LogP contribution in [0.4, 0.5) is 4.39 Å². The number of piperidine rings is 1. The molecule has 0 bridgehead atoms. The van der Waals surface area contributed by atoms with Gasteiger partial charge in [-0.1, -0.05) is 12.1 Å². The Bertz CT molecular complexity index is 587. The maximum atomic E-state index is 13.1. The van der Waals surface area contributed by atoms with Crippen molar-refractivity contribution in [2.75, 3.05) is 33.4 Å². The third-order valence-electron chi connectivity index (χ3n) is 4.03. The normalized spacial score (nSPS) is 17.5. The van der Waals surface area contributed by atoms with Gasteiger partial charge in [0.1, 0.15) is 5.82 Å². The number of sulfonamides is 1. The largest absolute Gasteiger partial charge is 0.384 e. The number of hydrogen-bond acceptors (Lipinski definition) is 4. The fourth-order valence-corrected chi connectivity index (χ4v) is 4.04. The van der Waals surface area contributed by atoms with E-state index < -0.39 is 15.8 Å². The minimum atomic E-state index is -3.50. The van der Waals surface area contributed by atoms with E-state index in [1.807, 2.05) is 0 Å². The number of ether oxygens (including phenoxy) is 1. The Hall–Kier alpha value is -0.730. The SMILES string of the molecule is COCC1(CNS(=O)(=O)Cc2cccc(F)c2)CCNCC1.Cl. The number of halogens is 2. The Balaban J connectivity index is 0.00000264. The Morgan fingerprint density at radius 3 is 2.65 bits per heavy atom. The van der Waals surface area contributed by atoms with Gasteiger partial charge in [-0.25, -0.2) is 17.5 Å². The molecule has 0 aromatic heterocycles. The van der Waals surface area contributed by atoms with E-state index in [1.54, 1.807) is 13.2 Å². The summed E-state index contributed by atoms with van der Waals surface area (Å²) in [6, 6.07) is 5.66. The second-order valence-corrected chi connectivity index (χ2v) is 7.70. The lowest BCUT2D eigenvalue weighted by Crippen LogP contribution is -2.47. The van der Waals surface area contributed by atoms with E-state index in [0.717, 1.165) is 25.9 Å². The molecule has 132 valence electrons. The molecule has 0 radical (unpaired) electrons. The van der Waals surface area contributed by atoms with Gasteiger partial charge in [-0.3, -0.25) is 0 Å². The molecule has 1 fully saturated rings. The molecule has 0 aliphatic carbocycles. The first-order chi connectivity index (χ1) is 10.4. The van der Waals surface area contributed by atoms with Gasteiger partial charge in [0.15, 0.2) is 0 Å². The topological polar surface area (TPSA) is 67.4 Å². The summed E-state index contributed by atoms with van der Waals surface area (Å²) in [6.07, 6.45) is 1.73. The Morgan fingerprint density at radius 1 is 1.35 bits per heavy atom. The highest BCUT2D eigenvalue weighted by Gasteiger charge is 2.33. The molecule has 1 saturated heterocycles. The zero-order valence-electron chi connectivity index (χ0n) is 13.2. The lowest BCUT2D eigenvalue weighted by Gasteiger charge is -2.37. The lowest BCUT2D eigenvalue weighted by molar-refractivity contribution is 0.0577.